The smallest absolute Gasteiger partial charge is 0.228 e. The van der Waals surface area contributed by atoms with E-state index in [9.17, 15) is 4.79 Å². The van der Waals surface area contributed by atoms with E-state index in [-0.39, 0.29) is 11.9 Å². The minimum atomic E-state index is 0.101. The molecule has 3 heterocycles. The van der Waals surface area contributed by atoms with Crippen LogP contribution in [0.3, 0.4) is 0 Å². The summed E-state index contributed by atoms with van der Waals surface area (Å²) in [5.74, 6) is 2.13. The summed E-state index contributed by atoms with van der Waals surface area (Å²) >= 11 is 7.70. The molecule has 3 aromatic rings. The number of benzene rings is 1. The number of halogens is 1. The number of thiophene rings is 1. The topological polar surface area (TPSA) is 58.6 Å². The molecule has 0 aliphatic carbocycles. The highest BCUT2D eigenvalue weighted by molar-refractivity contribution is 7.10. The van der Waals surface area contributed by atoms with Crippen molar-refractivity contribution in [3.05, 3.63) is 63.6 Å². The number of anilines is 1. The van der Waals surface area contributed by atoms with Crippen LogP contribution in [-0.2, 0) is 11.2 Å². The van der Waals surface area contributed by atoms with Crippen molar-refractivity contribution in [2.24, 2.45) is 0 Å². The number of amides is 1. The lowest BCUT2D eigenvalue weighted by atomic mass is 10.1. The van der Waals surface area contributed by atoms with Gasteiger partial charge in [0.05, 0.1) is 6.42 Å². The zero-order chi connectivity index (χ0) is 21.1. The van der Waals surface area contributed by atoms with E-state index in [0.29, 0.717) is 36.2 Å². The molecule has 1 unspecified atom stereocenters. The van der Waals surface area contributed by atoms with E-state index >= 15 is 0 Å². The third kappa shape index (κ3) is 4.74. The molecule has 0 N–H and O–H groups in total. The molecule has 0 saturated carbocycles. The van der Waals surface area contributed by atoms with Gasteiger partial charge in [-0.05, 0) is 49.1 Å². The van der Waals surface area contributed by atoms with Crippen molar-refractivity contribution >= 4 is 34.7 Å². The molecule has 30 heavy (non-hydrogen) atoms. The number of piperazine rings is 1. The number of rotatable bonds is 5. The van der Waals surface area contributed by atoms with Gasteiger partial charge in [0.1, 0.15) is 17.9 Å². The maximum Gasteiger partial charge on any atom is 0.228 e. The number of carbonyl (C=O) groups is 1. The molecule has 0 radical (unpaired) electrons. The maximum atomic E-state index is 12.7. The van der Waals surface area contributed by atoms with Gasteiger partial charge in [-0.15, -0.1) is 11.3 Å². The largest absolute Gasteiger partial charge is 0.439 e. The van der Waals surface area contributed by atoms with Crippen LogP contribution in [0, 0.1) is 6.92 Å². The lowest BCUT2D eigenvalue weighted by molar-refractivity contribution is -0.132. The fourth-order valence-electron chi connectivity index (χ4n) is 3.56. The molecule has 1 atom stereocenters. The van der Waals surface area contributed by atoms with Gasteiger partial charge in [0.2, 0.25) is 11.8 Å². The van der Waals surface area contributed by atoms with Crippen LogP contribution in [0.15, 0.2) is 48.1 Å². The zero-order valence-electron chi connectivity index (χ0n) is 16.9. The molecule has 1 fully saturated rings. The van der Waals surface area contributed by atoms with Gasteiger partial charge in [-0.3, -0.25) is 4.79 Å². The summed E-state index contributed by atoms with van der Waals surface area (Å²) in [6.07, 6.45) is 1.97. The van der Waals surface area contributed by atoms with E-state index in [2.05, 4.69) is 21.8 Å². The summed E-state index contributed by atoms with van der Waals surface area (Å²) < 4.78 is 5.89. The highest BCUT2D eigenvalue weighted by Crippen LogP contribution is 2.27. The molecular formula is C22H23ClN4O2S. The molecule has 0 spiro atoms. The standard InChI is InChI=1S/C22H23ClN4O2S/c1-15-10-17(5-6-19(15)23)29-21-12-20(24-14-25-21)26-7-8-27(16(2)13-26)22(28)11-18-4-3-9-30-18/h3-6,9-10,12,14,16H,7-8,11,13H2,1-2H3. The second-order valence-electron chi connectivity index (χ2n) is 7.37. The molecule has 1 saturated heterocycles. The SMILES string of the molecule is Cc1cc(Oc2cc(N3CCN(C(=O)Cc4cccs4)C(C)C3)ncn2)ccc1Cl. The predicted octanol–water partition coefficient (Wildman–Crippen LogP) is 4.57. The van der Waals surface area contributed by atoms with Gasteiger partial charge in [-0.1, -0.05) is 17.7 Å². The Hall–Kier alpha value is -2.64. The van der Waals surface area contributed by atoms with Crippen LogP contribution in [-0.4, -0.2) is 46.5 Å². The predicted molar refractivity (Wildman–Crippen MR) is 120 cm³/mol. The summed E-state index contributed by atoms with van der Waals surface area (Å²) in [5, 5.41) is 2.70. The monoisotopic (exact) mass is 442 g/mol. The number of aryl methyl sites for hydroxylation is 1. The van der Waals surface area contributed by atoms with Crippen molar-refractivity contribution in [3.8, 4) is 11.6 Å². The number of aromatic nitrogens is 2. The Balaban J connectivity index is 1.41. The number of carbonyl (C=O) groups excluding carboxylic acids is 1. The molecule has 1 aliphatic rings. The Morgan fingerprint density at radius 1 is 1.27 bits per heavy atom. The second-order valence-corrected chi connectivity index (χ2v) is 8.81. The van der Waals surface area contributed by atoms with Gasteiger partial charge in [0.25, 0.3) is 0 Å². The van der Waals surface area contributed by atoms with Gasteiger partial charge >= 0.3 is 0 Å². The Labute approximate surface area is 185 Å². The van der Waals surface area contributed by atoms with Gasteiger partial charge in [0, 0.05) is 41.6 Å². The highest BCUT2D eigenvalue weighted by atomic mass is 35.5. The van der Waals surface area contributed by atoms with E-state index < -0.39 is 0 Å². The summed E-state index contributed by atoms with van der Waals surface area (Å²) in [4.78, 5) is 26.6. The third-order valence-electron chi connectivity index (χ3n) is 5.16. The lowest BCUT2D eigenvalue weighted by Crippen LogP contribution is -2.54. The van der Waals surface area contributed by atoms with Gasteiger partial charge in [-0.25, -0.2) is 9.97 Å². The quantitative estimate of drug-likeness (QED) is 0.579. The average molecular weight is 443 g/mol. The first-order valence-electron chi connectivity index (χ1n) is 9.82. The van der Waals surface area contributed by atoms with Crippen LogP contribution in [0.5, 0.6) is 11.6 Å². The van der Waals surface area contributed by atoms with Crippen LogP contribution < -0.4 is 9.64 Å². The number of hydrogen-bond acceptors (Lipinski definition) is 6. The van der Waals surface area contributed by atoms with Crippen molar-refractivity contribution in [3.63, 3.8) is 0 Å². The van der Waals surface area contributed by atoms with E-state index in [1.165, 1.54) is 6.33 Å². The molecular weight excluding hydrogens is 420 g/mol. The van der Waals surface area contributed by atoms with Gasteiger partial charge in [-0.2, -0.15) is 0 Å². The molecule has 1 aromatic carbocycles. The zero-order valence-corrected chi connectivity index (χ0v) is 18.5. The first kappa shape index (κ1) is 20.6. The molecule has 1 amide bonds. The minimum absolute atomic E-state index is 0.101. The van der Waals surface area contributed by atoms with Crippen molar-refractivity contribution in [1.29, 1.82) is 0 Å². The Morgan fingerprint density at radius 2 is 2.13 bits per heavy atom. The second kappa shape index (κ2) is 9.02. The normalized spacial score (nSPS) is 16.6. The summed E-state index contributed by atoms with van der Waals surface area (Å²) in [6.45, 7) is 6.11. The fraction of sp³-hybridized carbons (Fsp3) is 0.318. The van der Waals surface area contributed by atoms with Crippen LogP contribution in [0.4, 0.5) is 5.82 Å². The average Bonchev–Trinajstić information content (AvgIpc) is 3.24. The van der Waals surface area contributed by atoms with Crippen molar-refractivity contribution in [1.82, 2.24) is 14.9 Å². The molecule has 6 nitrogen and oxygen atoms in total. The molecule has 4 rings (SSSR count). The van der Waals surface area contributed by atoms with Crippen LogP contribution in [0.25, 0.3) is 0 Å². The van der Waals surface area contributed by atoms with Gasteiger partial charge < -0.3 is 14.5 Å². The summed E-state index contributed by atoms with van der Waals surface area (Å²) in [7, 11) is 0. The van der Waals surface area contributed by atoms with E-state index in [1.807, 2.05) is 53.6 Å². The maximum absolute atomic E-state index is 12.7. The summed E-state index contributed by atoms with van der Waals surface area (Å²) in [6, 6.07) is 11.4. The molecule has 156 valence electrons. The van der Waals surface area contributed by atoms with E-state index in [1.54, 1.807) is 11.3 Å². The number of nitrogens with zero attached hydrogens (tertiary/aromatic N) is 4. The van der Waals surface area contributed by atoms with Crippen LogP contribution in [0.2, 0.25) is 5.02 Å². The number of hydrogen-bond donors (Lipinski definition) is 0. The van der Waals surface area contributed by atoms with Crippen molar-refractivity contribution in [2.75, 3.05) is 24.5 Å². The van der Waals surface area contributed by atoms with Crippen molar-refractivity contribution < 1.29 is 9.53 Å². The highest BCUT2D eigenvalue weighted by Gasteiger charge is 2.28. The lowest BCUT2D eigenvalue weighted by Gasteiger charge is -2.40. The molecule has 0 bridgehead atoms. The van der Waals surface area contributed by atoms with Crippen LogP contribution in [0.1, 0.15) is 17.4 Å². The Morgan fingerprint density at radius 3 is 2.87 bits per heavy atom. The Kier molecular flexibility index (Phi) is 6.20. The first-order valence-corrected chi connectivity index (χ1v) is 11.1. The van der Waals surface area contributed by atoms with E-state index in [0.717, 1.165) is 22.8 Å². The number of ether oxygens (including phenoxy) is 1. The summed E-state index contributed by atoms with van der Waals surface area (Å²) in [5.41, 5.74) is 0.945. The third-order valence-corrected chi connectivity index (χ3v) is 6.46. The first-order chi connectivity index (χ1) is 14.5. The fourth-order valence-corrected chi connectivity index (χ4v) is 4.37. The minimum Gasteiger partial charge on any atom is -0.439 e. The van der Waals surface area contributed by atoms with Crippen molar-refractivity contribution in [2.45, 2.75) is 26.3 Å². The van der Waals surface area contributed by atoms with Crippen LogP contribution >= 0.6 is 22.9 Å². The molecule has 1 aliphatic heterocycles. The molecule has 8 heteroatoms. The van der Waals surface area contributed by atoms with Gasteiger partial charge in [0.15, 0.2) is 0 Å². The Bertz CT molecular complexity index is 1030. The van der Waals surface area contributed by atoms with E-state index in [4.69, 9.17) is 16.3 Å². The molecule has 2 aromatic heterocycles.